The average Bonchev–Trinajstić information content (AvgIpc) is 3.38. The van der Waals surface area contributed by atoms with Crippen LogP contribution in [0.2, 0.25) is 0 Å². The minimum Gasteiger partial charge on any atom is -0.459 e. The third kappa shape index (κ3) is 5.78. The van der Waals surface area contributed by atoms with Crippen molar-refractivity contribution in [3.8, 4) is 0 Å². The van der Waals surface area contributed by atoms with E-state index in [0.717, 1.165) is 11.1 Å². The molecule has 0 bridgehead atoms. The van der Waals surface area contributed by atoms with E-state index in [1.54, 1.807) is 36.4 Å². The van der Waals surface area contributed by atoms with Crippen LogP contribution in [-0.2, 0) is 17.8 Å². The Balaban J connectivity index is 1.48. The number of benzene rings is 3. The second kappa shape index (κ2) is 10.6. The largest absolute Gasteiger partial charge is 0.459 e. The third-order valence-corrected chi connectivity index (χ3v) is 5.50. The van der Waals surface area contributed by atoms with Crippen molar-refractivity contribution in [2.24, 2.45) is 0 Å². The highest BCUT2D eigenvalue weighted by Gasteiger charge is 2.21. The van der Waals surface area contributed by atoms with E-state index in [4.69, 9.17) is 4.42 Å². The van der Waals surface area contributed by atoms with Gasteiger partial charge in [-0.15, -0.1) is 0 Å². The van der Waals surface area contributed by atoms with Gasteiger partial charge in [-0.3, -0.25) is 9.59 Å². The van der Waals surface area contributed by atoms with Crippen molar-refractivity contribution < 1.29 is 18.4 Å². The molecule has 6 heteroatoms. The highest BCUT2D eigenvalue weighted by atomic mass is 19.1. The molecule has 0 saturated heterocycles. The van der Waals surface area contributed by atoms with E-state index in [0.29, 0.717) is 11.3 Å². The molecule has 3 aromatic carbocycles. The third-order valence-electron chi connectivity index (χ3n) is 5.50. The zero-order valence-electron chi connectivity index (χ0n) is 18.8. The topological polar surface area (TPSA) is 62.6 Å². The molecule has 4 rings (SSSR count). The van der Waals surface area contributed by atoms with E-state index >= 15 is 0 Å². The van der Waals surface area contributed by atoms with Gasteiger partial charge in [0.15, 0.2) is 5.76 Å². The molecule has 0 aliphatic heterocycles. The lowest BCUT2D eigenvalue weighted by molar-refractivity contribution is -0.121. The van der Waals surface area contributed by atoms with Crippen molar-refractivity contribution in [3.63, 3.8) is 0 Å². The van der Waals surface area contributed by atoms with Crippen LogP contribution in [0.15, 0.2) is 102 Å². The molecule has 0 spiro atoms. The number of hydrogen-bond donors (Lipinski definition) is 1. The number of rotatable bonds is 8. The molecular weight excluding hydrogens is 431 g/mol. The van der Waals surface area contributed by atoms with Gasteiger partial charge >= 0.3 is 0 Å². The first-order valence-electron chi connectivity index (χ1n) is 11.0. The lowest BCUT2D eigenvalue weighted by Gasteiger charge is -2.22. The Labute approximate surface area is 197 Å². The van der Waals surface area contributed by atoms with Crippen LogP contribution < -0.4 is 10.2 Å². The summed E-state index contributed by atoms with van der Waals surface area (Å²) in [7, 11) is 0. The van der Waals surface area contributed by atoms with Crippen molar-refractivity contribution in [2.45, 2.75) is 25.9 Å². The average molecular weight is 457 g/mol. The number of nitrogens with one attached hydrogen (secondary N) is 1. The number of carbonyl (C=O) groups is 2. The van der Waals surface area contributed by atoms with Crippen LogP contribution in [0.1, 0.15) is 40.2 Å². The highest BCUT2D eigenvalue weighted by molar-refractivity contribution is 6.04. The molecule has 0 unspecified atom stereocenters. The Kier molecular flexibility index (Phi) is 7.18. The standard InChI is InChI=1S/C28H25FN2O3/c1-20(23-8-3-2-4-9-23)30-27(32)18-21-12-14-25(15-13-21)31(28(33)26-11-6-16-34-26)19-22-7-5-10-24(29)17-22/h2-17,20H,18-19H2,1H3,(H,30,32)/t20-/m1/s1. The molecule has 4 aromatic rings. The van der Waals surface area contributed by atoms with Gasteiger partial charge in [0.25, 0.3) is 5.91 Å². The molecule has 1 N–H and O–H groups in total. The van der Waals surface area contributed by atoms with Crippen molar-refractivity contribution in [1.82, 2.24) is 5.32 Å². The molecule has 0 aliphatic carbocycles. The lowest BCUT2D eigenvalue weighted by Crippen LogP contribution is -2.30. The summed E-state index contributed by atoms with van der Waals surface area (Å²) in [6.07, 6.45) is 1.65. The zero-order valence-corrected chi connectivity index (χ0v) is 18.8. The summed E-state index contributed by atoms with van der Waals surface area (Å²) in [5, 5.41) is 3.01. The molecule has 1 aromatic heterocycles. The summed E-state index contributed by atoms with van der Waals surface area (Å²) in [6.45, 7) is 2.12. The molecular formula is C28H25FN2O3. The van der Waals surface area contributed by atoms with Gasteiger partial charge < -0.3 is 14.6 Å². The smallest absolute Gasteiger partial charge is 0.294 e. The van der Waals surface area contributed by atoms with E-state index in [-0.39, 0.29) is 42.4 Å². The summed E-state index contributed by atoms with van der Waals surface area (Å²) in [5.74, 6) is -0.604. The molecule has 1 atom stereocenters. The molecule has 0 fully saturated rings. The predicted octanol–water partition coefficient (Wildman–Crippen LogP) is 5.69. The lowest BCUT2D eigenvalue weighted by atomic mass is 10.1. The Bertz CT molecular complexity index is 1240. The van der Waals surface area contributed by atoms with Crippen molar-refractivity contribution in [2.75, 3.05) is 4.90 Å². The summed E-state index contributed by atoms with van der Waals surface area (Å²) in [6, 6.07) is 26.2. The number of hydrogen-bond acceptors (Lipinski definition) is 3. The number of halogens is 1. The quantitative estimate of drug-likeness (QED) is 0.371. The predicted molar refractivity (Wildman–Crippen MR) is 129 cm³/mol. The second-order valence-corrected chi connectivity index (χ2v) is 8.04. The Morgan fingerprint density at radius 3 is 2.35 bits per heavy atom. The van der Waals surface area contributed by atoms with Crippen molar-refractivity contribution in [1.29, 1.82) is 0 Å². The first kappa shape index (κ1) is 23.0. The van der Waals surface area contributed by atoms with Gasteiger partial charge in [-0.1, -0.05) is 54.6 Å². The summed E-state index contributed by atoms with van der Waals surface area (Å²) in [5.41, 5.74) is 3.12. The normalized spacial score (nSPS) is 11.6. The van der Waals surface area contributed by atoms with E-state index in [9.17, 15) is 14.0 Å². The van der Waals surface area contributed by atoms with Crippen molar-refractivity contribution in [3.05, 3.63) is 126 Å². The Morgan fingerprint density at radius 2 is 1.68 bits per heavy atom. The molecule has 0 aliphatic rings. The maximum Gasteiger partial charge on any atom is 0.294 e. The fourth-order valence-corrected chi connectivity index (χ4v) is 3.73. The monoisotopic (exact) mass is 456 g/mol. The molecule has 172 valence electrons. The van der Waals surface area contributed by atoms with Crippen LogP contribution in [0.4, 0.5) is 10.1 Å². The van der Waals surface area contributed by atoms with Gasteiger partial charge in [0, 0.05) is 5.69 Å². The van der Waals surface area contributed by atoms with E-state index < -0.39 is 0 Å². The minimum atomic E-state index is -0.367. The molecule has 1 heterocycles. The first-order chi connectivity index (χ1) is 16.5. The molecule has 34 heavy (non-hydrogen) atoms. The summed E-state index contributed by atoms with van der Waals surface area (Å²) < 4.78 is 19.0. The van der Waals surface area contributed by atoms with Gasteiger partial charge in [0.2, 0.25) is 5.91 Å². The molecule has 2 amide bonds. The van der Waals surface area contributed by atoms with Crippen LogP contribution in [-0.4, -0.2) is 11.8 Å². The molecule has 0 saturated carbocycles. The van der Waals surface area contributed by atoms with Gasteiger partial charge in [-0.25, -0.2) is 4.39 Å². The number of anilines is 1. The fourth-order valence-electron chi connectivity index (χ4n) is 3.73. The minimum absolute atomic E-state index is 0.0904. The maximum absolute atomic E-state index is 13.7. The molecule has 5 nitrogen and oxygen atoms in total. The maximum atomic E-state index is 13.7. The number of nitrogens with zero attached hydrogens (tertiary/aromatic N) is 1. The SMILES string of the molecule is C[C@@H](NC(=O)Cc1ccc(N(Cc2cccc(F)c2)C(=O)c2ccco2)cc1)c1ccccc1. The van der Waals surface area contributed by atoms with Gasteiger partial charge in [0.1, 0.15) is 5.82 Å². The summed E-state index contributed by atoms with van der Waals surface area (Å²) >= 11 is 0. The van der Waals surface area contributed by atoms with Gasteiger partial charge in [-0.2, -0.15) is 0 Å². The second-order valence-electron chi connectivity index (χ2n) is 8.04. The van der Waals surface area contributed by atoms with Crippen LogP contribution >= 0.6 is 0 Å². The number of furan rings is 1. The number of amides is 2. The highest BCUT2D eigenvalue weighted by Crippen LogP contribution is 2.22. The van der Waals surface area contributed by atoms with Gasteiger partial charge in [0.05, 0.1) is 25.3 Å². The Morgan fingerprint density at radius 1 is 0.912 bits per heavy atom. The van der Waals surface area contributed by atoms with Crippen molar-refractivity contribution >= 4 is 17.5 Å². The van der Waals surface area contributed by atoms with Gasteiger partial charge in [-0.05, 0) is 60.0 Å². The van der Waals surface area contributed by atoms with Crippen LogP contribution in [0.5, 0.6) is 0 Å². The van der Waals surface area contributed by atoms with E-state index in [1.807, 2.05) is 49.4 Å². The zero-order chi connectivity index (χ0) is 23.9. The first-order valence-corrected chi connectivity index (χ1v) is 11.0. The van der Waals surface area contributed by atoms with Crippen LogP contribution in [0.25, 0.3) is 0 Å². The van der Waals surface area contributed by atoms with E-state index in [1.165, 1.54) is 23.3 Å². The molecule has 0 radical (unpaired) electrons. The number of carbonyl (C=O) groups excluding carboxylic acids is 2. The van der Waals surface area contributed by atoms with Crippen LogP contribution in [0, 0.1) is 5.82 Å². The fraction of sp³-hybridized carbons (Fsp3) is 0.143. The van der Waals surface area contributed by atoms with Crippen LogP contribution in [0.3, 0.4) is 0 Å². The van der Waals surface area contributed by atoms with E-state index in [2.05, 4.69) is 5.32 Å². The summed E-state index contributed by atoms with van der Waals surface area (Å²) in [4.78, 5) is 27.1. The Hall–Kier alpha value is -4.19.